The molecule has 19 heavy (non-hydrogen) atoms. The van der Waals surface area contributed by atoms with Crippen LogP contribution in [0.25, 0.3) is 0 Å². The Kier molecular flexibility index (Phi) is 4.74. The minimum absolute atomic E-state index is 0.187. The number of para-hydroxylation sites is 1. The van der Waals surface area contributed by atoms with Crippen LogP contribution < -0.4 is 4.74 Å². The number of halogens is 1. The van der Waals surface area contributed by atoms with Gasteiger partial charge in [-0.15, -0.1) is 0 Å². The SMILES string of the molecule is COc1ccccc1CC(=O)Cc1ccc(Br)cc1. The molecule has 0 amide bonds. The van der Waals surface area contributed by atoms with Gasteiger partial charge in [-0.3, -0.25) is 4.79 Å². The van der Waals surface area contributed by atoms with Gasteiger partial charge in [-0.05, 0) is 23.8 Å². The average molecular weight is 319 g/mol. The maximum absolute atomic E-state index is 12.1. The number of ketones is 1. The molecule has 0 radical (unpaired) electrons. The first kappa shape index (κ1) is 13.8. The van der Waals surface area contributed by atoms with Gasteiger partial charge in [0.15, 0.2) is 0 Å². The van der Waals surface area contributed by atoms with Crippen LogP contribution in [0.1, 0.15) is 11.1 Å². The molecular formula is C16H15BrO2. The molecule has 0 aromatic heterocycles. The summed E-state index contributed by atoms with van der Waals surface area (Å²) in [4.78, 5) is 12.1. The Morgan fingerprint density at radius 1 is 1.05 bits per heavy atom. The minimum atomic E-state index is 0.187. The van der Waals surface area contributed by atoms with Crippen molar-refractivity contribution < 1.29 is 9.53 Å². The van der Waals surface area contributed by atoms with Crippen molar-refractivity contribution in [2.24, 2.45) is 0 Å². The molecule has 0 fully saturated rings. The van der Waals surface area contributed by atoms with Crippen LogP contribution in [0.4, 0.5) is 0 Å². The first-order chi connectivity index (χ1) is 9.19. The molecule has 0 aliphatic carbocycles. The fraction of sp³-hybridized carbons (Fsp3) is 0.188. The molecule has 0 unspecified atom stereocenters. The first-order valence-electron chi connectivity index (χ1n) is 6.07. The van der Waals surface area contributed by atoms with Gasteiger partial charge in [0.1, 0.15) is 11.5 Å². The lowest BCUT2D eigenvalue weighted by molar-refractivity contribution is -0.117. The van der Waals surface area contributed by atoms with Crippen LogP contribution in [0, 0.1) is 0 Å². The van der Waals surface area contributed by atoms with E-state index in [1.807, 2.05) is 48.5 Å². The lowest BCUT2D eigenvalue weighted by atomic mass is 10.0. The largest absolute Gasteiger partial charge is 0.496 e. The van der Waals surface area contributed by atoms with Gasteiger partial charge in [-0.2, -0.15) is 0 Å². The highest BCUT2D eigenvalue weighted by atomic mass is 79.9. The van der Waals surface area contributed by atoms with Crippen LogP contribution in [-0.4, -0.2) is 12.9 Å². The Morgan fingerprint density at radius 3 is 2.42 bits per heavy atom. The van der Waals surface area contributed by atoms with E-state index in [0.717, 1.165) is 21.3 Å². The Labute approximate surface area is 121 Å². The van der Waals surface area contributed by atoms with Gasteiger partial charge in [0.2, 0.25) is 0 Å². The van der Waals surface area contributed by atoms with Gasteiger partial charge in [0.05, 0.1) is 7.11 Å². The summed E-state index contributed by atoms with van der Waals surface area (Å²) < 4.78 is 6.28. The number of Topliss-reactive ketones (excluding diaryl/α,β-unsaturated/α-hetero) is 1. The van der Waals surface area contributed by atoms with Gasteiger partial charge in [0.25, 0.3) is 0 Å². The van der Waals surface area contributed by atoms with Crippen molar-refractivity contribution in [2.75, 3.05) is 7.11 Å². The highest BCUT2D eigenvalue weighted by molar-refractivity contribution is 9.10. The van der Waals surface area contributed by atoms with Crippen LogP contribution >= 0.6 is 15.9 Å². The number of carbonyl (C=O) groups excluding carboxylic acids is 1. The Morgan fingerprint density at radius 2 is 1.74 bits per heavy atom. The molecule has 98 valence electrons. The molecule has 2 aromatic rings. The number of hydrogen-bond donors (Lipinski definition) is 0. The molecule has 0 saturated heterocycles. The molecule has 3 heteroatoms. The van der Waals surface area contributed by atoms with Gasteiger partial charge in [0, 0.05) is 22.9 Å². The first-order valence-corrected chi connectivity index (χ1v) is 6.86. The third-order valence-electron chi connectivity index (χ3n) is 2.89. The molecule has 0 atom stereocenters. The van der Waals surface area contributed by atoms with E-state index in [0.29, 0.717) is 12.8 Å². The number of ether oxygens (including phenoxy) is 1. The number of methoxy groups -OCH3 is 1. The summed E-state index contributed by atoms with van der Waals surface area (Å²) in [7, 11) is 1.62. The minimum Gasteiger partial charge on any atom is -0.496 e. The van der Waals surface area contributed by atoms with Gasteiger partial charge in [-0.1, -0.05) is 46.3 Å². The van der Waals surface area contributed by atoms with E-state index >= 15 is 0 Å². The van der Waals surface area contributed by atoms with Gasteiger partial charge in [-0.25, -0.2) is 0 Å². The third kappa shape index (κ3) is 3.93. The van der Waals surface area contributed by atoms with Crippen LogP contribution in [0.2, 0.25) is 0 Å². The van der Waals surface area contributed by atoms with Crippen molar-refractivity contribution in [2.45, 2.75) is 12.8 Å². The summed E-state index contributed by atoms with van der Waals surface area (Å²) in [6.07, 6.45) is 0.853. The molecule has 0 heterocycles. The molecule has 0 spiro atoms. The predicted octanol–water partition coefficient (Wildman–Crippen LogP) is 3.81. The van der Waals surface area contributed by atoms with Crippen molar-refractivity contribution in [1.29, 1.82) is 0 Å². The topological polar surface area (TPSA) is 26.3 Å². The summed E-state index contributed by atoms with van der Waals surface area (Å²) >= 11 is 3.38. The van der Waals surface area contributed by atoms with Crippen LogP contribution in [0.5, 0.6) is 5.75 Å². The summed E-state index contributed by atoms with van der Waals surface area (Å²) in [6, 6.07) is 15.5. The van der Waals surface area contributed by atoms with E-state index in [4.69, 9.17) is 4.74 Å². The van der Waals surface area contributed by atoms with Crippen LogP contribution in [0.15, 0.2) is 53.0 Å². The lowest BCUT2D eigenvalue weighted by Crippen LogP contribution is -2.07. The molecule has 0 aliphatic heterocycles. The number of carbonyl (C=O) groups is 1. The molecular weight excluding hydrogens is 304 g/mol. The second-order valence-electron chi connectivity index (χ2n) is 4.33. The normalized spacial score (nSPS) is 10.2. The predicted molar refractivity (Wildman–Crippen MR) is 79.6 cm³/mol. The number of rotatable bonds is 5. The Hall–Kier alpha value is -1.61. The smallest absolute Gasteiger partial charge is 0.141 e. The third-order valence-corrected chi connectivity index (χ3v) is 3.42. The standard InChI is InChI=1S/C16H15BrO2/c1-19-16-5-3-2-4-13(16)11-15(18)10-12-6-8-14(17)9-7-12/h2-9H,10-11H2,1H3. The van der Waals surface area contributed by atoms with Crippen molar-refractivity contribution >= 4 is 21.7 Å². The summed E-state index contributed by atoms with van der Waals surface area (Å²) in [5.41, 5.74) is 1.97. The van der Waals surface area contributed by atoms with Gasteiger partial charge < -0.3 is 4.74 Å². The zero-order valence-corrected chi connectivity index (χ0v) is 12.3. The molecule has 2 aromatic carbocycles. The van der Waals surface area contributed by atoms with Crippen molar-refractivity contribution in [3.63, 3.8) is 0 Å². The van der Waals surface area contributed by atoms with E-state index in [1.165, 1.54) is 0 Å². The Balaban J connectivity index is 2.03. The average Bonchev–Trinajstić information content (AvgIpc) is 2.42. The van der Waals surface area contributed by atoms with E-state index in [1.54, 1.807) is 7.11 Å². The monoisotopic (exact) mass is 318 g/mol. The van der Waals surface area contributed by atoms with E-state index in [2.05, 4.69) is 15.9 Å². The molecule has 0 N–H and O–H groups in total. The Bertz CT molecular complexity index is 561. The van der Waals surface area contributed by atoms with E-state index < -0.39 is 0 Å². The molecule has 2 nitrogen and oxygen atoms in total. The second kappa shape index (κ2) is 6.53. The summed E-state index contributed by atoms with van der Waals surface area (Å²) in [6.45, 7) is 0. The second-order valence-corrected chi connectivity index (χ2v) is 5.25. The summed E-state index contributed by atoms with van der Waals surface area (Å²) in [5.74, 6) is 0.957. The highest BCUT2D eigenvalue weighted by Gasteiger charge is 2.09. The van der Waals surface area contributed by atoms with Crippen molar-refractivity contribution in [3.05, 3.63) is 64.1 Å². The summed E-state index contributed by atoms with van der Waals surface area (Å²) in [5, 5.41) is 0. The van der Waals surface area contributed by atoms with E-state index in [9.17, 15) is 4.79 Å². The number of hydrogen-bond acceptors (Lipinski definition) is 2. The van der Waals surface area contributed by atoms with Crippen LogP contribution in [0.3, 0.4) is 0 Å². The van der Waals surface area contributed by atoms with E-state index in [-0.39, 0.29) is 5.78 Å². The lowest BCUT2D eigenvalue weighted by Gasteiger charge is -2.07. The zero-order chi connectivity index (χ0) is 13.7. The van der Waals surface area contributed by atoms with Crippen molar-refractivity contribution in [1.82, 2.24) is 0 Å². The highest BCUT2D eigenvalue weighted by Crippen LogP contribution is 2.19. The fourth-order valence-corrected chi connectivity index (χ4v) is 2.22. The maximum atomic E-state index is 12.1. The molecule has 0 bridgehead atoms. The number of benzene rings is 2. The fourth-order valence-electron chi connectivity index (χ4n) is 1.95. The van der Waals surface area contributed by atoms with Crippen molar-refractivity contribution in [3.8, 4) is 5.75 Å². The zero-order valence-electron chi connectivity index (χ0n) is 10.7. The quantitative estimate of drug-likeness (QED) is 0.838. The van der Waals surface area contributed by atoms with Crippen LogP contribution in [-0.2, 0) is 17.6 Å². The molecule has 0 aliphatic rings. The maximum Gasteiger partial charge on any atom is 0.141 e. The van der Waals surface area contributed by atoms with Gasteiger partial charge >= 0.3 is 0 Å². The molecule has 2 rings (SSSR count). The molecule has 0 saturated carbocycles.